The highest BCUT2D eigenvalue weighted by Gasteiger charge is 2.08. The number of Topliss-reactive ketones (excluding diaryl/α,β-unsaturated/α-hetero) is 1. The first-order chi connectivity index (χ1) is 8.70. The summed E-state index contributed by atoms with van der Waals surface area (Å²) in [6, 6.07) is 11.6. The first-order valence-corrected chi connectivity index (χ1v) is 5.41. The second-order valence-electron chi connectivity index (χ2n) is 3.66. The number of ketones is 1. The summed E-state index contributed by atoms with van der Waals surface area (Å²) in [4.78, 5) is 23.5. The van der Waals surface area contributed by atoms with Crippen molar-refractivity contribution in [3.8, 4) is 5.88 Å². The van der Waals surface area contributed by atoms with Crippen LogP contribution in [0.5, 0.6) is 5.88 Å². The summed E-state index contributed by atoms with van der Waals surface area (Å²) in [6.45, 7) is -0.0972. The van der Waals surface area contributed by atoms with Gasteiger partial charge in [-0.25, -0.2) is 4.68 Å². The van der Waals surface area contributed by atoms with Crippen molar-refractivity contribution < 1.29 is 9.53 Å². The van der Waals surface area contributed by atoms with Crippen LogP contribution in [0.4, 0.5) is 0 Å². The van der Waals surface area contributed by atoms with E-state index in [0.717, 1.165) is 4.68 Å². The summed E-state index contributed by atoms with van der Waals surface area (Å²) in [7, 11) is 1.45. The van der Waals surface area contributed by atoms with Crippen LogP contribution < -0.4 is 10.3 Å². The third kappa shape index (κ3) is 2.63. The van der Waals surface area contributed by atoms with Gasteiger partial charge in [-0.3, -0.25) is 9.59 Å². The van der Waals surface area contributed by atoms with Gasteiger partial charge in [-0.05, 0) is 0 Å². The monoisotopic (exact) mass is 244 g/mol. The van der Waals surface area contributed by atoms with E-state index < -0.39 is 0 Å². The molecule has 0 spiro atoms. The molecule has 0 saturated heterocycles. The van der Waals surface area contributed by atoms with Gasteiger partial charge < -0.3 is 4.74 Å². The maximum Gasteiger partial charge on any atom is 0.267 e. The number of nitrogens with zero attached hydrogens (tertiary/aromatic N) is 2. The van der Waals surface area contributed by atoms with Gasteiger partial charge in [0.15, 0.2) is 5.78 Å². The van der Waals surface area contributed by atoms with Gasteiger partial charge in [-0.15, -0.1) is 5.10 Å². The Balaban J connectivity index is 2.24. The zero-order valence-corrected chi connectivity index (χ0v) is 9.87. The van der Waals surface area contributed by atoms with Crippen molar-refractivity contribution in [3.63, 3.8) is 0 Å². The fourth-order valence-corrected chi connectivity index (χ4v) is 1.50. The number of hydrogen-bond acceptors (Lipinski definition) is 4. The quantitative estimate of drug-likeness (QED) is 0.756. The third-order valence-electron chi connectivity index (χ3n) is 2.44. The fourth-order valence-electron chi connectivity index (χ4n) is 1.50. The van der Waals surface area contributed by atoms with Crippen LogP contribution in [0.15, 0.2) is 47.3 Å². The summed E-state index contributed by atoms with van der Waals surface area (Å²) in [5.41, 5.74) is 0.217. The molecule has 0 amide bonds. The number of aromatic nitrogens is 2. The number of carbonyl (C=O) groups excluding carboxylic acids is 1. The Kier molecular flexibility index (Phi) is 3.52. The average Bonchev–Trinajstić information content (AvgIpc) is 2.42. The molecule has 1 aromatic heterocycles. The van der Waals surface area contributed by atoms with Crippen molar-refractivity contribution in [1.29, 1.82) is 0 Å². The number of carbonyl (C=O) groups is 1. The third-order valence-corrected chi connectivity index (χ3v) is 2.44. The van der Waals surface area contributed by atoms with Crippen molar-refractivity contribution in [2.75, 3.05) is 7.11 Å². The summed E-state index contributed by atoms with van der Waals surface area (Å²) in [5.74, 6) is 0.133. The van der Waals surface area contributed by atoms with Crippen LogP contribution in [0.25, 0.3) is 0 Å². The van der Waals surface area contributed by atoms with Crippen LogP contribution in [-0.4, -0.2) is 22.7 Å². The zero-order valence-electron chi connectivity index (χ0n) is 9.87. The molecule has 2 rings (SSSR count). The van der Waals surface area contributed by atoms with Gasteiger partial charge in [0.1, 0.15) is 6.54 Å². The van der Waals surface area contributed by atoms with Gasteiger partial charge in [0.2, 0.25) is 5.88 Å². The zero-order chi connectivity index (χ0) is 13.0. The number of methoxy groups -OCH3 is 1. The van der Waals surface area contributed by atoms with Crippen LogP contribution in [0.1, 0.15) is 10.4 Å². The summed E-state index contributed by atoms with van der Waals surface area (Å²) in [6.07, 6.45) is 0. The molecule has 92 valence electrons. The molecule has 0 saturated carbocycles. The molecule has 0 fully saturated rings. The predicted octanol–water partition coefficient (Wildman–Crippen LogP) is 1.13. The standard InChI is InChI=1S/C13H12N2O3/c1-18-12-7-8-13(17)15(14-12)9-11(16)10-5-3-2-4-6-10/h2-8H,9H2,1H3. The van der Waals surface area contributed by atoms with Crippen LogP contribution in [0.3, 0.4) is 0 Å². The van der Waals surface area contributed by atoms with Crippen LogP contribution >= 0.6 is 0 Å². The highest BCUT2D eigenvalue weighted by molar-refractivity contribution is 5.95. The fraction of sp³-hybridized carbons (Fsp3) is 0.154. The molecule has 0 bridgehead atoms. The van der Waals surface area contributed by atoms with Crippen molar-refractivity contribution in [2.24, 2.45) is 0 Å². The maximum absolute atomic E-state index is 11.9. The average molecular weight is 244 g/mol. The number of benzene rings is 1. The van der Waals surface area contributed by atoms with Gasteiger partial charge in [0.05, 0.1) is 7.11 Å². The largest absolute Gasteiger partial charge is 0.480 e. The Morgan fingerprint density at radius 1 is 1.22 bits per heavy atom. The molecule has 1 aromatic carbocycles. The minimum absolute atomic E-state index is 0.0972. The molecule has 0 radical (unpaired) electrons. The lowest BCUT2D eigenvalue weighted by atomic mass is 10.1. The highest BCUT2D eigenvalue weighted by atomic mass is 16.5. The van der Waals surface area contributed by atoms with Gasteiger partial charge in [-0.1, -0.05) is 30.3 Å². The van der Waals surface area contributed by atoms with Crippen molar-refractivity contribution >= 4 is 5.78 Å². The van der Waals surface area contributed by atoms with Crippen LogP contribution in [0.2, 0.25) is 0 Å². The molecule has 0 aliphatic carbocycles. The SMILES string of the molecule is COc1ccc(=O)n(CC(=O)c2ccccc2)n1. The normalized spacial score (nSPS) is 10.1. The highest BCUT2D eigenvalue weighted by Crippen LogP contribution is 2.03. The maximum atomic E-state index is 11.9. The molecule has 0 unspecified atom stereocenters. The Morgan fingerprint density at radius 3 is 2.61 bits per heavy atom. The smallest absolute Gasteiger partial charge is 0.267 e. The lowest BCUT2D eigenvalue weighted by Crippen LogP contribution is -2.26. The molecule has 1 heterocycles. The molecular weight excluding hydrogens is 232 g/mol. The van der Waals surface area contributed by atoms with E-state index in [1.165, 1.54) is 19.2 Å². The van der Waals surface area contributed by atoms with Gasteiger partial charge in [0.25, 0.3) is 5.56 Å². The Bertz CT molecular complexity index is 605. The van der Waals surface area contributed by atoms with Gasteiger partial charge in [0, 0.05) is 17.7 Å². The summed E-state index contributed by atoms with van der Waals surface area (Å²) in [5, 5.41) is 3.92. The summed E-state index contributed by atoms with van der Waals surface area (Å²) >= 11 is 0. The first-order valence-electron chi connectivity index (χ1n) is 5.41. The predicted molar refractivity (Wildman–Crippen MR) is 65.8 cm³/mol. The molecule has 0 atom stereocenters. The minimum atomic E-state index is -0.333. The molecule has 5 heteroatoms. The van der Waals surface area contributed by atoms with Crippen LogP contribution in [-0.2, 0) is 6.54 Å². The van der Waals surface area contributed by atoms with E-state index in [9.17, 15) is 9.59 Å². The van der Waals surface area contributed by atoms with Gasteiger partial charge >= 0.3 is 0 Å². The molecule has 0 aliphatic rings. The Morgan fingerprint density at radius 2 is 1.94 bits per heavy atom. The van der Waals surface area contributed by atoms with E-state index in [-0.39, 0.29) is 17.9 Å². The van der Waals surface area contributed by atoms with E-state index in [1.807, 2.05) is 6.07 Å². The molecular formula is C13H12N2O3. The molecule has 2 aromatic rings. The first kappa shape index (κ1) is 12.0. The second-order valence-corrected chi connectivity index (χ2v) is 3.66. The second kappa shape index (κ2) is 5.27. The van der Waals surface area contributed by atoms with E-state index in [2.05, 4.69) is 5.10 Å². The van der Waals surface area contributed by atoms with Crippen molar-refractivity contribution in [3.05, 3.63) is 58.4 Å². The van der Waals surface area contributed by atoms with E-state index in [4.69, 9.17) is 4.74 Å². The lowest BCUT2D eigenvalue weighted by molar-refractivity contribution is 0.0965. The van der Waals surface area contributed by atoms with E-state index in [0.29, 0.717) is 11.4 Å². The minimum Gasteiger partial charge on any atom is -0.480 e. The van der Waals surface area contributed by atoms with Gasteiger partial charge in [-0.2, -0.15) is 0 Å². The molecule has 18 heavy (non-hydrogen) atoms. The molecule has 5 nitrogen and oxygen atoms in total. The Labute approximate surface area is 104 Å². The molecule has 0 N–H and O–H groups in total. The topological polar surface area (TPSA) is 61.2 Å². The lowest BCUT2D eigenvalue weighted by Gasteiger charge is -2.05. The summed E-state index contributed by atoms with van der Waals surface area (Å²) < 4.78 is 6.01. The number of rotatable bonds is 4. The van der Waals surface area contributed by atoms with E-state index in [1.54, 1.807) is 24.3 Å². The van der Waals surface area contributed by atoms with Crippen molar-refractivity contribution in [1.82, 2.24) is 9.78 Å². The van der Waals surface area contributed by atoms with E-state index >= 15 is 0 Å². The van der Waals surface area contributed by atoms with Crippen LogP contribution in [0, 0.1) is 0 Å². The molecule has 0 aliphatic heterocycles. The number of ether oxygens (including phenoxy) is 1. The Hall–Kier alpha value is -2.43. The number of hydrogen-bond donors (Lipinski definition) is 0. The van der Waals surface area contributed by atoms with Crippen molar-refractivity contribution in [2.45, 2.75) is 6.54 Å².